The van der Waals surface area contributed by atoms with Crippen LogP contribution in [0.4, 0.5) is 21.7 Å². The lowest BCUT2D eigenvalue weighted by Crippen LogP contribution is -1.97. The van der Waals surface area contributed by atoms with E-state index < -0.39 is 5.82 Å². The molecule has 0 fully saturated rings. The average Bonchev–Trinajstić information content (AvgIpc) is 2.27. The van der Waals surface area contributed by atoms with Crippen molar-refractivity contribution in [2.45, 2.75) is 0 Å². The number of hydrogen-bond donors (Lipinski definition) is 2. The Bertz CT molecular complexity index is 501. The van der Waals surface area contributed by atoms with E-state index in [1.54, 1.807) is 6.07 Å². The van der Waals surface area contributed by atoms with Gasteiger partial charge in [0.25, 0.3) is 0 Å². The highest BCUT2D eigenvalue weighted by atomic mass is 35.5. The van der Waals surface area contributed by atoms with E-state index in [9.17, 15) is 4.39 Å². The standard InChI is InChI=1S/C10H8ClFN4/c11-7-3-6(1-2-8(7)12)16-10-5-14-9(13)4-15-10/h1-5H,(H2,13,14)(H,15,16). The first kappa shape index (κ1) is 10.6. The molecule has 82 valence electrons. The van der Waals surface area contributed by atoms with Crippen molar-refractivity contribution >= 4 is 28.9 Å². The summed E-state index contributed by atoms with van der Waals surface area (Å²) in [6.07, 6.45) is 2.90. The number of hydrogen-bond acceptors (Lipinski definition) is 4. The van der Waals surface area contributed by atoms with Crippen molar-refractivity contribution < 1.29 is 4.39 Å². The first-order valence-corrected chi connectivity index (χ1v) is 4.82. The van der Waals surface area contributed by atoms with Crippen LogP contribution in [-0.2, 0) is 0 Å². The van der Waals surface area contributed by atoms with Crippen molar-refractivity contribution in [1.29, 1.82) is 0 Å². The van der Waals surface area contributed by atoms with Crippen molar-refractivity contribution in [3.63, 3.8) is 0 Å². The summed E-state index contributed by atoms with van der Waals surface area (Å²) in [7, 11) is 0. The van der Waals surface area contributed by atoms with Gasteiger partial charge >= 0.3 is 0 Å². The number of halogens is 2. The van der Waals surface area contributed by atoms with Crippen LogP contribution in [0.2, 0.25) is 5.02 Å². The van der Waals surface area contributed by atoms with Gasteiger partial charge in [-0.2, -0.15) is 0 Å². The van der Waals surface area contributed by atoms with E-state index in [-0.39, 0.29) is 5.02 Å². The minimum absolute atomic E-state index is 0.0494. The van der Waals surface area contributed by atoms with Crippen LogP contribution in [0.1, 0.15) is 0 Å². The fraction of sp³-hybridized carbons (Fsp3) is 0. The van der Waals surface area contributed by atoms with Crippen molar-refractivity contribution in [2.24, 2.45) is 0 Å². The molecule has 3 N–H and O–H groups in total. The SMILES string of the molecule is Nc1cnc(Nc2ccc(F)c(Cl)c2)cn1. The lowest BCUT2D eigenvalue weighted by molar-refractivity contribution is 0.628. The molecule has 1 aromatic carbocycles. The fourth-order valence-electron chi connectivity index (χ4n) is 1.12. The molecule has 0 saturated heterocycles. The van der Waals surface area contributed by atoms with Crippen LogP contribution in [0, 0.1) is 5.82 Å². The highest BCUT2D eigenvalue weighted by molar-refractivity contribution is 6.31. The summed E-state index contributed by atoms with van der Waals surface area (Å²) in [6.45, 7) is 0. The molecule has 0 unspecified atom stereocenters. The highest BCUT2D eigenvalue weighted by Crippen LogP contribution is 2.21. The van der Waals surface area contributed by atoms with E-state index in [4.69, 9.17) is 17.3 Å². The molecule has 2 rings (SSSR count). The second-order valence-electron chi connectivity index (χ2n) is 3.08. The first-order chi connectivity index (χ1) is 7.65. The summed E-state index contributed by atoms with van der Waals surface area (Å²) in [5, 5.41) is 2.97. The zero-order valence-electron chi connectivity index (χ0n) is 8.11. The third kappa shape index (κ3) is 2.38. The maximum Gasteiger partial charge on any atom is 0.149 e. The van der Waals surface area contributed by atoms with E-state index >= 15 is 0 Å². The minimum atomic E-state index is -0.462. The number of aromatic nitrogens is 2. The summed E-state index contributed by atoms with van der Waals surface area (Å²) in [4.78, 5) is 7.85. The fourth-order valence-corrected chi connectivity index (χ4v) is 1.30. The zero-order chi connectivity index (χ0) is 11.5. The Morgan fingerprint density at radius 3 is 2.69 bits per heavy atom. The number of nitrogen functional groups attached to an aromatic ring is 1. The van der Waals surface area contributed by atoms with E-state index in [0.717, 1.165) is 0 Å². The molecule has 0 aliphatic rings. The van der Waals surface area contributed by atoms with Crippen LogP contribution in [-0.4, -0.2) is 9.97 Å². The van der Waals surface area contributed by atoms with Crippen LogP contribution >= 0.6 is 11.6 Å². The highest BCUT2D eigenvalue weighted by Gasteiger charge is 2.01. The monoisotopic (exact) mass is 238 g/mol. The molecule has 6 heteroatoms. The predicted octanol–water partition coefficient (Wildman–Crippen LogP) is 2.59. The lowest BCUT2D eigenvalue weighted by atomic mass is 10.3. The smallest absolute Gasteiger partial charge is 0.149 e. The summed E-state index contributed by atoms with van der Waals surface area (Å²) in [5.74, 6) is 0.384. The number of nitrogens with zero attached hydrogens (tertiary/aromatic N) is 2. The molecule has 0 spiro atoms. The molecule has 1 aromatic heterocycles. The van der Waals surface area contributed by atoms with Crippen molar-refractivity contribution in [3.8, 4) is 0 Å². The summed E-state index contributed by atoms with van der Waals surface area (Å²) >= 11 is 5.63. The van der Waals surface area contributed by atoms with Crippen molar-refractivity contribution in [1.82, 2.24) is 9.97 Å². The zero-order valence-corrected chi connectivity index (χ0v) is 8.87. The number of anilines is 3. The van der Waals surface area contributed by atoms with Gasteiger partial charge in [-0.15, -0.1) is 0 Å². The minimum Gasteiger partial charge on any atom is -0.382 e. The number of rotatable bonds is 2. The predicted molar refractivity (Wildman–Crippen MR) is 61.1 cm³/mol. The van der Waals surface area contributed by atoms with Crippen LogP contribution in [0.5, 0.6) is 0 Å². The molecule has 0 radical (unpaired) electrons. The average molecular weight is 239 g/mol. The molecular weight excluding hydrogens is 231 g/mol. The number of benzene rings is 1. The molecule has 2 aromatic rings. The van der Waals surface area contributed by atoms with Crippen molar-refractivity contribution in [3.05, 3.63) is 41.4 Å². The maximum atomic E-state index is 12.9. The van der Waals surface area contributed by atoms with Crippen LogP contribution in [0.15, 0.2) is 30.6 Å². The van der Waals surface area contributed by atoms with Gasteiger partial charge in [-0.1, -0.05) is 11.6 Å². The first-order valence-electron chi connectivity index (χ1n) is 4.45. The quantitative estimate of drug-likeness (QED) is 0.844. The Kier molecular flexibility index (Phi) is 2.87. The Balaban J connectivity index is 2.20. The molecule has 1 heterocycles. The third-order valence-electron chi connectivity index (χ3n) is 1.86. The van der Waals surface area contributed by atoms with E-state index in [2.05, 4.69) is 15.3 Å². The Morgan fingerprint density at radius 1 is 1.25 bits per heavy atom. The molecule has 16 heavy (non-hydrogen) atoms. The molecule has 4 nitrogen and oxygen atoms in total. The Hall–Kier alpha value is -1.88. The van der Waals surface area contributed by atoms with Gasteiger partial charge in [-0.3, -0.25) is 0 Å². The van der Waals surface area contributed by atoms with Crippen LogP contribution in [0.25, 0.3) is 0 Å². The normalized spacial score (nSPS) is 10.1. The summed E-state index contributed by atoms with van der Waals surface area (Å²) < 4.78 is 12.9. The van der Waals surface area contributed by atoms with Gasteiger partial charge in [-0.05, 0) is 18.2 Å². The number of nitrogens with one attached hydrogen (secondary N) is 1. The van der Waals surface area contributed by atoms with Gasteiger partial charge in [-0.25, -0.2) is 14.4 Å². The molecule has 0 atom stereocenters. The third-order valence-corrected chi connectivity index (χ3v) is 2.15. The molecule has 0 bridgehead atoms. The topological polar surface area (TPSA) is 63.8 Å². The summed E-state index contributed by atoms with van der Waals surface area (Å²) in [5.41, 5.74) is 6.02. The van der Waals surface area contributed by atoms with Gasteiger partial charge in [0.15, 0.2) is 0 Å². The second-order valence-corrected chi connectivity index (χ2v) is 3.49. The van der Waals surface area contributed by atoms with E-state index in [1.807, 2.05) is 0 Å². The van der Waals surface area contributed by atoms with Crippen LogP contribution < -0.4 is 11.1 Å². The van der Waals surface area contributed by atoms with Gasteiger partial charge in [0.1, 0.15) is 17.5 Å². The number of nitrogens with two attached hydrogens (primary N) is 1. The van der Waals surface area contributed by atoms with Gasteiger partial charge in [0.2, 0.25) is 0 Å². The van der Waals surface area contributed by atoms with Crippen LogP contribution in [0.3, 0.4) is 0 Å². The van der Waals surface area contributed by atoms with Gasteiger partial charge in [0.05, 0.1) is 17.4 Å². The van der Waals surface area contributed by atoms with E-state index in [0.29, 0.717) is 17.3 Å². The molecule has 0 aliphatic heterocycles. The Morgan fingerprint density at radius 2 is 2.06 bits per heavy atom. The van der Waals surface area contributed by atoms with Gasteiger partial charge < -0.3 is 11.1 Å². The second kappa shape index (κ2) is 4.32. The van der Waals surface area contributed by atoms with E-state index in [1.165, 1.54) is 24.5 Å². The molecule has 0 amide bonds. The maximum absolute atomic E-state index is 12.9. The van der Waals surface area contributed by atoms with Gasteiger partial charge in [0, 0.05) is 5.69 Å². The Labute approximate surface area is 96.3 Å². The molecular formula is C10H8ClFN4. The molecule has 0 saturated carbocycles. The summed E-state index contributed by atoms with van der Waals surface area (Å²) in [6, 6.07) is 4.30. The lowest BCUT2D eigenvalue weighted by Gasteiger charge is -2.05. The van der Waals surface area contributed by atoms with Crippen molar-refractivity contribution in [2.75, 3.05) is 11.1 Å². The largest absolute Gasteiger partial charge is 0.382 e. The molecule has 0 aliphatic carbocycles.